The van der Waals surface area contributed by atoms with Gasteiger partial charge in [-0.25, -0.2) is 0 Å². The van der Waals surface area contributed by atoms with Gasteiger partial charge in [0.2, 0.25) is 11.8 Å². The Labute approximate surface area is 179 Å². The van der Waals surface area contributed by atoms with Gasteiger partial charge in [0.15, 0.2) is 0 Å². The minimum atomic E-state index is -1.05. The van der Waals surface area contributed by atoms with E-state index >= 15 is 0 Å². The van der Waals surface area contributed by atoms with Crippen molar-refractivity contribution in [1.29, 1.82) is 0 Å². The maximum atomic E-state index is 13.5. The number of carbonyl (C=O) groups is 3. The highest BCUT2D eigenvalue weighted by Crippen LogP contribution is 2.60. The molecule has 0 radical (unpaired) electrons. The number of aliphatic hydroxyl groups excluding tert-OH is 1. The second-order valence-corrected chi connectivity index (χ2v) is 10.3. The molecule has 8 nitrogen and oxygen atoms in total. The molecule has 2 N–H and O–H groups in total. The fourth-order valence-electron chi connectivity index (χ4n) is 5.01. The fraction of sp³-hybridized carbons (Fsp3) is 0.850. The quantitative estimate of drug-likeness (QED) is 0.323. The molecule has 3 aliphatic heterocycles. The van der Waals surface area contributed by atoms with Gasteiger partial charge in [-0.15, -0.1) is 0 Å². The molecular formula is C20H31BrN2O6. The average molecular weight is 475 g/mol. The number of carbonyl (C=O) groups excluding carboxylic acids is 3. The molecular weight excluding hydrogens is 444 g/mol. The van der Waals surface area contributed by atoms with Gasteiger partial charge in [-0.2, -0.15) is 0 Å². The molecule has 0 aromatic carbocycles. The van der Waals surface area contributed by atoms with Gasteiger partial charge in [0.25, 0.3) is 0 Å². The van der Waals surface area contributed by atoms with Crippen LogP contribution in [0.4, 0.5) is 0 Å². The number of nitrogens with one attached hydrogen (secondary N) is 1. The van der Waals surface area contributed by atoms with E-state index in [1.807, 2.05) is 20.8 Å². The molecule has 0 aromatic heterocycles. The number of likely N-dealkylation sites (tertiary alicyclic amines) is 1. The van der Waals surface area contributed by atoms with Crippen LogP contribution >= 0.6 is 15.9 Å². The van der Waals surface area contributed by atoms with Gasteiger partial charge in [0, 0.05) is 23.5 Å². The number of rotatable bonds is 7. The number of ether oxygens (including phenoxy) is 2. The molecule has 9 heteroatoms. The predicted molar refractivity (Wildman–Crippen MR) is 108 cm³/mol. The van der Waals surface area contributed by atoms with Crippen molar-refractivity contribution >= 4 is 33.7 Å². The zero-order valence-electron chi connectivity index (χ0n) is 17.4. The molecule has 3 rings (SSSR count). The molecule has 1 unspecified atom stereocenters. The summed E-state index contributed by atoms with van der Waals surface area (Å²) in [4.78, 5) is 40.9. The normalized spacial score (nSPS) is 35.7. The van der Waals surface area contributed by atoms with E-state index in [0.29, 0.717) is 25.8 Å². The molecule has 3 fully saturated rings. The summed E-state index contributed by atoms with van der Waals surface area (Å²) in [6, 6.07) is -0.817. The first kappa shape index (κ1) is 22.5. The van der Waals surface area contributed by atoms with E-state index < -0.39 is 41.1 Å². The number of unbranched alkanes of at least 4 members (excludes halogenated alkanes) is 1. The summed E-state index contributed by atoms with van der Waals surface area (Å²) in [6.07, 6.45) is 1.08. The number of hydrogen-bond donors (Lipinski definition) is 2. The predicted octanol–water partition coefficient (Wildman–Crippen LogP) is 0.985. The van der Waals surface area contributed by atoms with Crippen LogP contribution in [0.2, 0.25) is 0 Å². The third kappa shape index (κ3) is 3.81. The van der Waals surface area contributed by atoms with Crippen molar-refractivity contribution in [3.05, 3.63) is 0 Å². The maximum absolute atomic E-state index is 13.5. The van der Waals surface area contributed by atoms with Crippen LogP contribution in [0.3, 0.4) is 0 Å². The SMILES string of the molecule is CCOC(=O)[C@H]1[C@@H]2O[C@@]3(CC2Br)[C@@H]1C(=O)N(CCCCO)[C@@H]3C(=O)NC(C)(C)C. The summed E-state index contributed by atoms with van der Waals surface area (Å²) in [6.45, 7) is 7.94. The van der Waals surface area contributed by atoms with Gasteiger partial charge >= 0.3 is 5.97 Å². The van der Waals surface area contributed by atoms with Crippen LogP contribution in [0.15, 0.2) is 0 Å². The Morgan fingerprint density at radius 3 is 2.66 bits per heavy atom. The average Bonchev–Trinajstić information content (AvgIpc) is 3.18. The van der Waals surface area contributed by atoms with Crippen molar-refractivity contribution in [3.8, 4) is 0 Å². The van der Waals surface area contributed by atoms with E-state index in [2.05, 4.69) is 21.2 Å². The highest BCUT2D eigenvalue weighted by Gasteiger charge is 2.76. The van der Waals surface area contributed by atoms with Gasteiger partial charge in [-0.05, 0) is 47.0 Å². The molecule has 6 atom stereocenters. The van der Waals surface area contributed by atoms with Crippen LogP contribution in [0.25, 0.3) is 0 Å². The summed E-state index contributed by atoms with van der Waals surface area (Å²) >= 11 is 3.60. The highest BCUT2D eigenvalue weighted by molar-refractivity contribution is 9.09. The van der Waals surface area contributed by atoms with Crippen LogP contribution in [-0.2, 0) is 23.9 Å². The van der Waals surface area contributed by atoms with Crippen molar-refractivity contribution in [2.45, 2.75) is 75.1 Å². The highest BCUT2D eigenvalue weighted by atomic mass is 79.9. The largest absolute Gasteiger partial charge is 0.466 e. The summed E-state index contributed by atoms with van der Waals surface area (Å²) in [5, 5.41) is 12.1. The Morgan fingerprint density at radius 1 is 1.38 bits per heavy atom. The number of amides is 2. The third-order valence-electron chi connectivity index (χ3n) is 5.90. The molecule has 2 amide bonds. The molecule has 0 saturated carbocycles. The van der Waals surface area contributed by atoms with Gasteiger partial charge in [-0.3, -0.25) is 14.4 Å². The van der Waals surface area contributed by atoms with Crippen LogP contribution in [0.1, 0.15) is 47.0 Å². The monoisotopic (exact) mass is 474 g/mol. The number of hydrogen-bond acceptors (Lipinski definition) is 6. The first-order chi connectivity index (χ1) is 13.6. The molecule has 1 spiro atoms. The first-order valence-electron chi connectivity index (χ1n) is 10.3. The smallest absolute Gasteiger partial charge is 0.312 e. The molecule has 0 aromatic rings. The lowest BCUT2D eigenvalue weighted by Crippen LogP contribution is -2.58. The Balaban J connectivity index is 1.99. The minimum absolute atomic E-state index is 0.0168. The number of aliphatic hydroxyl groups is 1. The van der Waals surface area contributed by atoms with Gasteiger partial charge in [0.1, 0.15) is 11.6 Å². The molecule has 0 aliphatic carbocycles. The first-order valence-corrected chi connectivity index (χ1v) is 11.2. The number of fused-ring (bicyclic) bond motifs is 1. The molecule has 3 heterocycles. The molecule has 3 saturated heterocycles. The van der Waals surface area contributed by atoms with E-state index in [1.54, 1.807) is 11.8 Å². The van der Waals surface area contributed by atoms with Gasteiger partial charge < -0.3 is 24.8 Å². The van der Waals surface area contributed by atoms with E-state index in [-0.39, 0.29) is 29.9 Å². The van der Waals surface area contributed by atoms with E-state index in [0.717, 1.165) is 0 Å². The second kappa shape index (κ2) is 8.15. The summed E-state index contributed by atoms with van der Waals surface area (Å²) < 4.78 is 11.6. The van der Waals surface area contributed by atoms with E-state index in [1.165, 1.54) is 0 Å². The number of alkyl halides is 1. The van der Waals surface area contributed by atoms with E-state index in [4.69, 9.17) is 14.6 Å². The zero-order valence-corrected chi connectivity index (χ0v) is 19.0. The van der Waals surface area contributed by atoms with Crippen LogP contribution in [-0.4, -0.2) is 75.7 Å². The van der Waals surface area contributed by atoms with Crippen molar-refractivity contribution in [2.24, 2.45) is 11.8 Å². The molecule has 164 valence electrons. The van der Waals surface area contributed by atoms with Crippen molar-refractivity contribution in [1.82, 2.24) is 10.2 Å². The lowest BCUT2D eigenvalue weighted by Gasteiger charge is -2.35. The fourth-order valence-corrected chi connectivity index (χ4v) is 5.95. The summed E-state index contributed by atoms with van der Waals surface area (Å²) in [5.74, 6) is -2.42. The van der Waals surface area contributed by atoms with Crippen LogP contribution in [0.5, 0.6) is 0 Å². The van der Waals surface area contributed by atoms with Crippen molar-refractivity contribution in [2.75, 3.05) is 19.8 Å². The third-order valence-corrected chi connectivity index (χ3v) is 6.75. The summed E-state index contributed by atoms with van der Waals surface area (Å²) in [7, 11) is 0. The van der Waals surface area contributed by atoms with Gasteiger partial charge in [-0.1, -0.05) is 15.9 Å². The minimum Gasteiger partial charge on any atom is -0.466 e. The topological polar surface area (TPSA) is 105 Å². The molecule has 29 heavy (non-hydrogen) atoms. The van der Waals surface area contributed by atoms with E-state index in [9.17, 15) is 14.4 Å². The Morgan fingerprint density at radius 2 is 2.07 bits per heavy atom. The Kier molecular flexibility index (Phi) is 6.32. The van der Waals surface area contributed by atoms with Crippen LogP contribution in [0, 0.1) is 11.8 Å². The molecule has 3 aliphatic rings. The Bertz CT molecular complexity index is 680. The molecule has 2 bridgehead atoms. The van der Waals surface area contributed by atoms with Crippen LogP contribution < -0.4 is 5.32 Å². The van der Waals surface area contributed by atoms with Crippen molar-refractivity contribution in [3.63, 3.8) is 0 Å². The Hall–Kier alpha value is -1.19. The zero-order chi connectivity index (χ0) is 21.6. The number of esters is 1. The number of nitrogens with zero attached hydrogens (tertiary/aromatic N) is 1. The lowest BCUT2D eigenvalue weighted by molar-refractivity contribution is -0.154. The standard InChI is InChI=1S/C20H31BrN2O6/c1-5-28-18(27)12-13-17(26)23(8-6-7-9-24)15(16(25)22-19(2,3)4)20(13)10-11(21)14(12)29-20/h11-15,24H,5-10H2,1-4H3,(H,22,25)/t11?,12-,13+,14-,15-,20+/m1/s1. The van der Waals surface area contributed by atoms with Gasteiger partial charge in [0.05, 0.1) is 24.5 Å². The lowest BCUT2D eigenvalue weighted by atomic mass is 9.70. The maximum Gasteiger partial charge on any atom is 0.312 e. The van der Waals surface area contributed by atoms with Crippen molar-refractivity contribution < 1.29 is 29.0 Å². The summed E-state index contributed by atoms with van der Waals surface area (Å²) in [5.41, 5.74) is -1.53. The number of halogens is 1. The second-order valence-electron chi connectivity index (χ2n) is 9.12.